The molecule has 0 rings (SSSR count). The van der Waals surface area contributed by atoms with E-state index in [-0.39, 0.29) is 12.0 Å². The van der Waals surface area contributed by atoms with E-state index in [2.05, 4.69) is 12.2 Å². The monoisotopic (exact) mass is 245 g/mol. The molecule has 0 saturated heterocycles. The van der Waals surface area contributed by atoms with Gasteiger partial charge in [-0.05, 0) is 34.1 Å². The first kappa shape index (κ1) is 16.4. The van der Waals surface area contributed by atoms with E-state index >= 15 is 0 Å². The Bertz CT molecular complexity index is 215. The lowest BCUT2D eigenvalue weighted by molar-refractivity contribution is -0.132. The zero-order valence-electron chi connectivity index (χ0n) is 11.8. The number of ether oxygens (including phenoxy) is 2. The summed E-state index contributed by atoms with van der Waals surface area (Å²) in [6, 6.07) is 0. The van der Waals surface area contributed by atoms with Crippen molar-refractivity contribution < 1.29 is 14.3 Å². The second kappa shape index (κ2) is 8.48. The topological polar surface area (TPSA) is 47.6 Å². The van der Waals surface area contributed by atoms with Gasteiger partial charge in [0, 0.05) is 13.2 Å². The normalized spacial score (nSPS) is 11.9. The fourth-order valence-corrected chi connectivity index (χ4v) is 1.24. The van der Waals surface area contributed by atoms with Crippen LogP contribution in [-0.4, -0.2) is 38.4 Å². The highest BCUT2D eigenvalue weighted by molar-refractivity contribution is 5.81. The second-order valence-corrected chi connectivity index (χ2v) is 5.11. The largest absolute Gasteiger partial charge is 0.380 e. The minimum Gasteiger partial charge on any atom is -0.380 e. The van der Waals surface area contributed by atoms with Crippen LogP contribution in [0.25, 0.3) is 0 Å². The highest BCUT2D eigenvalue weighted by atomic mass is 16.5. The van der Waals surface area contributed by atoms with Crippen LogP contribution in [0.2, 0.25) is 0 Å². The maximum absolute atomic E-state index is 11.9. The SMILES string of the molecule is CCCOCC(C)(C)C(=O)NCCOC(C)C. The van der Waals surface area contributed by atoms with Gasteiger partial charge in [-0.1, -0.05) is 6.92 Å². The zero-order valence-corrected chi connectivity index (χ0v) is 11.8. The number of carbonyl (C=O) groups is 1. The molecule has 0 bridgehead atoms. The summed E-state index contributed by atoms with van der Waals surface area (Å²) in [6.45, 7) is 12.0. The lowest BCUT2D eigenvalue weighted by Crippen LogP contribution is -2.41. The van der Waals surface area contributed by atoms with Crippen molar-refractivity contribution in [2.24, 2.45) is 5.41 Å². The Morgan fingerprint density at radius 3 is 2.47 bits per heavy atom. The van der Waals surface area contributed by atoms with Gasteiger partial charge in [-0.3, -0.25) is 4.79 Å². The van der Waals surface area contributed by atoms with Crippen LogP contribution >= 0.6 is 0 Å². The Balaban J connectivity index is 3.78. The van der Waals surface area contributed by atoms with Crippen molar-refractivity contribution >= 4 is 5.91 Å². The van der Waals surface area contributed by atoms with E-state index in [0.717, 1.165) is 6.42 Å². The van der Waals surface area contributed by atoms with Gasteiger partial charge in [0.25, 0.3) is 0 Å². The second-order valence-electron chi connectivity index (χ2n) is 5.11. The molecule has 0 fully saturated rings. The summed E-state index contributed by atoms with van der Waals surface area (Å²) in [7, 11) is 0. The predicted octanol–water partition coefficient (Wildman–Crippen LogP) is 1.98. The highest BCUT2D eigenvalue weighted by Crippen LogP contribution is 2.15. The molecule has 0 saturated carbocycles. The molecule has 0 aromatic carbocycles. The first-order chi connectivity index (χ1) is 7.90. The molecule has 0 heterocycles. The Morgan fingerprint density at radius 1 is 1.29 bits per heavy atom. The minimum atomic E-state index is -0.479. The van der Waals surface area contributed by atoms with Crippen molar-refractivity contribution in [3.05, 3.63) is 0 Å². The Morgan fingerprint density at radius 2 is 1.94 bits per heavy atom. The van der Waals surface area contributed by atoms with E-state index in [9.17, 15) is 4.79 Å². The summed E-state index contributed by atoms with van der Waals surface area (Å²) in [5.41, 5.74) is -0.479. The maximum Gasteiger partial charge on any atom is 0.228 e. The summed E-state index contributed by atoms with van der Waals surface area (Å²) < 4.78 is 10.8. The third kappa shape index (κ3) is 8.16. The molecule has 17 heavy (non-hydrogen) atoms. The van der Waals surface area contributed by atoms with Crippen molar-refractivity contribution in [2.45, 2.75) is 47.1 Å². The van der Waals surface area contributed by atoms with E-state index in [1.807, 2.05) is 27.7 Å². The zero-order chi connectivity index (χ0) is 13.3. The Hall–Kier alpha value is -0.610. The number of rotatable bonds is 9. The minimum absolute atomic E-state index is 0.0148. The van der Waals surface area contributed by atoms with Gasteiger partial charge in [-0.2, -0.15) is 0 Å². The summed E-state index contributed by atoms with van der Waals surface area (Å²) in [4.78, 5) is 11.9. The van der Waals surface area contributed by atoms with Crippen molar-refractivity contribution in [2.75, 3.05) is 26.4 Å². The highest BCUT2D eigenvalue weighted by Gasteiger charge is 2.27. The van der Waals surface area contributed by atoms with Crippen LogP contribution in [0, 0.1) is 5.41 Å². The fourth-order valence-electron chi connectivity index (χ4n) is 1.24. The van der Waals surface area contributed by atoms with Gasteiger partial charge in [0.05, 0.1) is 24.7 Å². The number of hydrogen-bond acceptors (Lipinski definition) is 3. The summed E-state index contributed by atoms with van der Waals surface area (Å²) in [5.74, 6) is 0.0148. The van der Waals surface area contributed by atoms with Gasteiger partial charge in [-0.15, -0.1) is 0 Å². The molecule has 0 atom stereocenters. The molecule has 0 aromatic heterocycles. The average molecular weight is 245 g/mol. The van der Waals surface area contributed by atoms with Gasteiger partial charge >= 0.3 is 0 Å². The van der Waals surface area contributed by atoms with Crippen LogP contribution in [-0.2, 0) is 14.3 Å². The van der Waals surface area contributed by atoms with Gasteiger partial charge in [0.15, 0.2) is 0 Å². The van der Waals surface area contributed by atoms with Crippen molar-refractivity contribution in [1.82, 2.24) is 5.32 Å². The van der Waals surface area contributed by atoms with Crippen LogP contribution < -0.4 is 5.32 Å². The summed E-state index contributed by atoms with van der Waals surface area (Å²) in [6.07, 6.45) is 1.17. The average Bonchev–Trinajstić information content (AvgIpc) is 2.24. The van der Waals surface area contributed by atoms with Crippen molar-refractivity contribution in [3.8, 4) is 0 Å². The van der Waals surface area contributed by atoms with E-state index < -0.39 is 5.41 Å². The predicted molar refractivity (Wildman–Crippen MR) is 69.0 cm³/mol. The molecule has 4 nitrogen and oxygen atoms in total. The van der Waals surface area contributed by atoms with Crippen LogP contribution in [0.3, 0.4) is 0 Å². The molecule has 0 aliphatic carbocycles. The molecule has 0 spiro atoms. The Labute approximate surface area is 105 Å². The van der Waals surface area contributed by atoms with Gasteiger partial charge in [0.2, 0.25) is 5.91 Å². The third-order valence-electron chi connectivity index (χ3n) is 2.26. The first-order valence-electron chi connectivity index (χ1n) is 6.37. The molecule has 4 heteroatoms. The van der Waals surface area contributed by atoms with Crippen LogP contribution in [0.4, 0.5) is 0 Å². The van der Waals surface area contributed by atoms with E-state index in [1.54, 1.807) is 0 Å². The molecule has 1 N–H and O–H groups in total. The lowest BCUT2D eigenvalue weighted by Gasteiger charge is -2.23. The summed E-state index contributed by atoms with van der Waals surface area (Å²) in [5, 5.41) is 2.86. The van der Waals surface area contributed by atoms with E-state index in [4.69, 9.17) is 9.47 Å². The molecular weight excluding hydrogens is 218 g/mol. The lowest BCUT2D eigenvalue weighted by atomic mass is 9.93. The molecule has 0 radical (unpaired) electrons. The van der Waals surface area contributed by atoms with Crippen LogP contribution in [0.5, 0.6) is 0 Å². The number of carbonyl (C=O) groups excluding carboxylic acids is 1. The Kier molecular flexibility index (Phi) is 8.17. The van der Waals surface area contributed by atoms with Crippen molar-refractivity contribution in [3.63, 3.8) is 0 Å². The van der Waals surface area contributed by atoms with Gasteiger partial charge < -0.3 is 14.8 Å². The molecule has 0 aliphatic heterocycles. The summed E-state index contributed by atoms with van der Waals surface area (Å²) >= 11 is 0. The van der Waals surface area contributed by atoms with Gasteiger partial charge in [-0.25, -0.2) is 0 Å². The molecule has 0 unspecified atom stereocenters. The standard InChI is InChI=1S/C13H27NO3/c1-6-8-16-10-13(4,5)12(15)14-7-9-17-11(2)3/h11H,6-10H2,1-5H3,(H,14,15). The first-order valence-corrected chi connectivity index (χ1v) is 6.37. The van der Waals surface area contributed by atoms with E-state index in [1.165, 1.54) is 0 Å². The number of nitrogens with one attached hydrogen (secondary N) is 1. The maximum atomic E-state index is 11.9. The van der Waals surface area contributed by atoms with Crippen LogP contribution in [0.1, 0.15) is 41.0 Å². The smallest absolute Gasteiger partial charge is 0.228 e. The fraction of sp³-hybridized carbons (Fsp3) is 0.923. The number of hydrogen-bond donors (Lipinski definition) is 1. The molecule has 0 aromatic rings. The molecular formula is C13H27NO3. The van der Waals surface area contributed by atoms with Crippen molar-refractivity contribution in [1.29, 1.82) is 0 Å². The molecule has 102 valence electrons. The third-order valence-corrected chi connectivity index (χ3v) is 2.26. The van der Waals surface area contributed by atoms with Gasteiger partial charge in [0.1, 0.15) is 0 Å². The molecule has 0 aliphatic rings. The van der Waals surface area contributed by atoms with Crippen LogP contribution in [0.15, 0.2) is 0 Å². The number of amides is 1. The van der Waals surface area contributed by atoms with E-state index in [0.29, 0.717) is 26.4 Å². The quantitative estimate of drug-likeness (QED) is 0.632. The molecule has 1 amide bonds.